The minimum absolute atomic E-state index is 0.0653. The molecule has 0 amide bonds. The maximum Gasteiger partial charge on any atom is 0.321 e. The lowest BCUT2D eigenvalue weighted by atomic mass is 10.3. The number of rotatable bonds is 7. The van der Waals surface area contributed by atoms with E-state index >= 15 is 0 Å². The maximum absolute atomic E-state index is 10.7. The minimum atomic E-state index is -0.836. The highest BCUT2D eigenvalue weighted by molar-refractivity contribution is 8.00. The summed E-state index contributed by atoms with van der Waals surface area (Å²) in [6.45, 7) is 6.11. The van der Waals surface area contributed by atoms with Gasteiger partial charge >= 0.3 is 5.97 Å². The number of thioether (sulfide) groups is 1. The molecule has 0 aliphatic carbocycles. The van der Waals surface area contributed by atoms with Gasteiger partial charge in [0, 0.05) is 11.0 Å². The molecule has 0 aromatic carbocycles. The SMILES string of the molecule is CCNC(CSC(C)C(C)O)C(=O)O. The van der Waals surface area contributed by atoms with Crippen LogP contribution in [-0.4, -0.2) is 45.9 Å². The second-order valence-corrected chi connectivity index (χ2v) is 4.64. The van der Waals surface area contributed by atoms with Crippen LogP contribution < -0.4 is 5.32 Å². The molecule has 0 spiro atoms. The number of nitrogens with one attached hydrogen (secondary N) is 1. The Morgan fingerprint density at radius 1 is 1.50 bits per heavy atom. The number of aliphatic carboxylic acids is 1. The van der Waals surface area contributed by atoms with Gasteiger partial charge in [-0.1, -0.05) is 13.8 Å². The van der Waals surface area contributed by atoms with Crippen LogP contribution in [0.5, 0.6) is 0 Å². The van der Waals surface area contributed by atoms with Crippen molar-refractivity contribution in [3.8, 4) is 0 Å². The second-order valence-electron chi connectivity index (χ2n) is 3.23. The highest BCUT2D eigenvalue weighted by Crippen LogP contribution is 2.15. The van der Waals surface area contributed by atoms with E-state index < -0.39 is 18.1 Å². The van der Waals surface area contributed by atoms with Crippen molar-refractivity contribution in [2.45, 2.75) is 38.2 Å². The van der Waals surface area contributed by atoms with Crippen molar-refractivity contribution >= 4 is 17.7 Å². The van der Waals surface area contributed by atoms with E-state index in [0.29, 0.717) is 12.3 Å². The Labute approximate surface area is 89.1 Å². The molecule has 0 saturated heterocycles. The third-order valence-electron chi connectivity index (χ3n) is 1.95. The van der Waals surface area contributed by atoms with Gasteiger partial charge in [0.15, 0.2) is 0 Å². The molecule has 0 rings (SSSR count). The normalized spacial score (nSPS) is 17.4. The summed E-state index contributed by atoms with van der Waals surface area (Å²) in [5.41, 5.74) is 0. The van der Waals surface area contributed by atoms with Crippen LogP contribution in [-0.2, 0) is 4.79 Å². The zero-order chi connectivity index (χ0) is 11.1. The van der Waals surface area contributed by atoms with Gasteiger partial charge in [0.25, 0.3) is 0 Å². The molecule has 14 heavy (non-hydrogen) atoms. The summed E-state index contributed by atoms with van der Waals surface area (Å²) in [6.07, 6.45) is -0.406. The molecule has 5 heteroatoms. The summed E-state index contributed by atoms with van der Waals surface area (Å²) in [6, 6.07) is -0.522. The first-order chi connectivity index (χ1) is 6.49. The Kier molecular flexibility index (Phi) is 6.96. The first-order valence-electron chi connectivity index (χ1n) is 4.74. The summed E-state index contributed by atoms with van der Waals surface area (Å²) in [5.74, 6) is -0.355. The molecule has 3 atom stereocenters. The number of aliphatic hydroxyl groups is 1. The monoisotopic (exact) mass is 221 g/mol. The van der Waals surface area contributed by atoms with Crippen molar-refractivity contribution in [3.63, 3.8) is 0 Å². The lowest BCUT2D eigenvalue weighted by molar-refractivity contribution is -0.138. The van der Waals surface area contributed by atoms with E-state index in [1.807, 2.05) is 13.8 Å². The topological polar surface area (TPSA) is 69.6 Å². The van der Waals surface area contributed by atoms with E-state index in [1.165, 1.54) is 11.8 Å². The van der Waals surface area contributed by atoms with Gasteiger partial charge in [0.05, 0.1) is 6.10 Å². The molecule has 3 N–H and O–H groups in total. The lowest BCUT2D eigenvalue weighted by Crippen LogP contribution is -2.39. The molecule has 0 aliphatic heterocycles. The second kappa shape index (κ2) is 7.09. The van der Waals surface area contributed by atoms with Crippen molar-refractivity contribution in [1.29, 1.82) is 0 Å². The fourth-order valence-electron chi connectivity index (χ4n) is 0.851. The fraction of sp³-hybridized carbons (Fsp3) is 0.889. The minimum Gasteiger partial charge on any atom is -0.480 e. The zero-order valence-electron chi connectivity index (χ0n) is 8.86. The van der Waals surface area contributed by atoms with Gasteiger partial charge in [0.1, 0.15) is 6.04 Å². The smallest absolute Gasteiger partial charge is 0.321 e. The van der Waals surface area contributed by atoms with E-state index in [2.05, 4.69) is 5.32 Å². The van der Waals surface area contributed by atoms with Crippen molar-refractivity contribution in [3.05, 3.63) is 0 Å². The Balaban J connectivity index is 3.87. The van der Waals surface area contributed by atoms with Gasteiger partial charge in [-0.05, 0) is 13.5 Å². The number of likely N-dealkylation sites (N-methyl/N-ethyl adjacent to an activating group) is 1. The molecular formula is C9H19NO3S. The number of hydrogen-bond donors (Lipinski definition) is 3. The molecular weight excluding hydrogens is 202 g/mol. The van der Waals surface area contributed by atoms with E-state index in [0.717, 1.165) is 0 Å². The Morgan fingerprint density at radius 2 is 2.07 bits per heavy atom. The summed E-state index contributed by atoms with van der Waals surface area (Å²) >= 11 is 1.47. The van der Waals surface area contributed by atoms with Crippen molar-refractivity contribution in [2.24, 2.45) is 0 Å². The van der Waals surface area contributed by atoms with Gasteiger partial charge < -0.3 is 15.5 Å². The average Bonchev–Trinajstić information content (AvgIpc) is 2.10. The van der Waals surface area contributed by atoms with Gasteiger partial charge in [-0.2, -0.15) is 11.8 Å². The van der Waals surface area contributed by atoms with Crippen LogP contribution in [0, 0.1) is 0 Å². The van der Waals surface area contributed by atoms with Crippen LogP contribution in [0.2, 0.25) is 0 Å². The molecule has 0 heterocycles. The van der Waals surface area contributed by atoms with E-state index in [1.54, 1.807) is 6.92 Å². The Morgan fingerprint density at radius 3 is 2.43 bits per heavy atom. The first-order valence-corrected chi connectivity index (χ1v) is 5.79. The van der Waals surface area contributed by atoms with Crippen LogP contribution in [0.1, 0.15) is 20.8 Å². The Bertz CT molecular complexity index is 175. The van der Waals surface area contributed by atoms with E-state index in [4.69, 9.17) is 5.11 Å². The summed E-state index contributed by atoms with van der Waals surface area (Å²) < 4.78 is 0. The van der Waals surface area contributed by atoms with Crippen LogP contribution >= 0.6 is 11.8 Å². The van der Waals surface area contributed by atoms with Crippen LogP contribution in [0.15, 0.2) is 0 Å². The molecule has 0 saturated carbocycles. The number of carboxylic acid groups (broad SMARTS) is 1. The largest absolute Gasteiger partial charge is 0.480 e. The van der Waals surface area contributed by atoms with Crippen molar-refractivity contribution in [2.75, 3.05) is 12.3 Å². The molecule has 0 aliphatic rings. The van der Waals surface area contributed by atoms with Gasteiger partial charge in [0.2, 0.25) is 0 Å². The van der Waals surface area contributed by atoms with E-state index in [-0.39, 0.29) is 5.25 Å². The molecule has 4 nitrogen and oxygen atoms in total. The van der Waals surface area contributed by atoms with Gasteiger partial charge in [-0.3, -0.25) is 4.79 Å². The molecule has 0 bridgehead atoms. The van der Waals surface area contributed by atoms with Gasteiger partial charge in [-0.15, -0.1) is 0 Å². The summed E-state index contributed by atoms with van der Waals surface area (Å²) in [5, 5.41) is 21.0. The quantitative estimate of drug-likeness (QED) is 0.586. The predicted molar refractivity (Wildman–Crippen MR) is 58.7 cm³/mol. The zero-order valence-corrected chi connectivity index (χ0v) is 9.67. The highest BCUT2D eigenvalue weighted by Gasteiger charge is 2.18. The number of carboxylic acids is 1. The number of hydrogen-bond acceptors (Lipinski definition) is 4. The lowest BCUT2D eigenvalue weighted by Gasteiger charge is -2.17. The van der Waals surface area contributed by atoms with E-state index in [9.17, 15) is 9.90 Å². The Hall–Kier alpha value is -0.260. The molecule has 0 radical (unpaired) electrons. The van der Waals surface area contributed by atoms with Crippen LogP contribution in [0.25, 0.3) is 0 Å². The first kappa shape index (κ1) is 13.7. The standard InChI is InChI=1S/C9H19NO3S/c1-4-10-8(9(12)13)5-14-7(3)6(2)11/h6-8,10-11H,4-5H2,1-3H3,(H,12,13). The third-order valence-corrected chi connectivity index (χ3v) is 3.40. The van der Waals surface area contributed by atoms with Crippen molar-refractivity contribution < 1.29 is 15.0 Å². The highest BCUT2D eigenvalue weighted by atomic mass is 32.2. The van der Waals surface area contributed by atoms with Gasteiger partial charge in [-0.25, -0.2) is 0 Å². The molecule has 3 unspecified atom stereocenters. The predicted octanol–water partition coefficient (Wildman–Crippen LogP) is 0.552. The molecule has 0 aromatic heterocycles. The molecule has 84 valence electrons. The number of carbonyl (C=O) groups is 1. The third kappa shape index (κ3) is 5.47. The van der Waals surface area contributed by atoms with Crippen LogP contribution in [0.3, 0.4) is 0 Å². The maximum atomic E-state index is 10.7. The summed E-state index contributed by atoms with van der Waals surface area (Å²) in [7, 11) is 0. The molecule has 0 fully saturated rings. The average molecular weight is 221 g/mol. The molecule has 0 aromatic rings. The summed E-state index contributed by atoms with van der Waals surface area (Å²) in [4.78, 5) is 10.7. The number of aliphatic hydroxyl groups excluding tert-OH is 1. The van der Waals surface area contributed by atoms with Crippen molar-refractivity contribution in [1.82, 2.24) is 5.32 Å². The fourth-order valence-corrected chi connectivity index (χ4v) is 1.89. The van der Waals surface area contributed by atoms with Crippen LogP contribution in [0.4, 0.5) is 0 Å².